The molecule has 0 amide bonds. The molecule has 2 heteroatoms. The summed E-state index contributed by atoms with van der Waals surface area (Å²) in [5, 5.41) is 3.65. The van der Waals surface area contributed by atoms with Crippen molar-refractivity contribution in [1.82, 2.24) is 4.98 Å². The van der Waals surface area contributed by atoms with Crippen LogP contribution < -0.4 is 0 Å². The van der Waals surface area contributed by atoms with Gasteiger partial charge in [0.05, 0.1) is 11.2 Å². The second-order valence-electron chi connectivity index (χ2n) is 14.3. The van der Waals surface area contributed by atoms with E-state index >= 15 is 0 Å². The SMILES string of the molecule is Fc1ccc2nc(C34CC5CC(CC(C5)C3)C4)c3ccc(C45CC6CC(CC(C6)C4)C5)cc3c2c1. The summed E-state index contributed by atoms with van der Waals surface area (Å²) in [7, 11) is 0. The lowest BCUT2D eigenvalue weighted by atomic mass is 9.47. The summed E-state index contributed by atoms with van der Waals surface area (Å²) in [6.07, 6.45) is 16.9. The van der Waals surface area contributed by atoms with Crippen molar-refractivity contribution in [3.63, 3.8) is 0 Å². The Morgan fingerprint density at radius 3 is 1.69 bits per heavy atom. The second-order valence-corrected chi connectivity index (χ2v) is 14.3. The molecule has 1 nitrogen and oxygen atoms in total. The predicted octanol–water partition coefficient (Wildman–Crippen LogP) is 8.46. The largest absolute Gasteiger partial charge is 0.252 e. The van der Waals surface area contributed by atoms with E-state index in [-0.39, 0.29) is 11.2 Å². The Labute approximate surface area is 207 Å². The quantitative estimate of drug-likeness (QED) is 0.346. The highest BCUT2D eigenvalue weighted by Crippen LogP contribution is 2.63. The van der Waals surface area contributed by atoms with Crippen LogP contribution in [0.4, 0.5) is 4.39 Å². The first-order valence-corrected chi connectivity index (χ1v) is 14.6. The topological polar surface area (TPSA) is 12.9 Å². The fourth-order valence-corrected chi connectivity index (χ4v) is 11.6. The van der Waals surface area contributed by atoms with Gasteiger partial charge in [0.25, 0.3) is 0 Å². The zero-order valence-corrected chi connectivity index (χ0v) is 20.7. The van der Waals surface area contributed by atoms with Crippen LogP contribution in [0.1, 0.15) is 88.3 Å². The van der Waals surface area contributed by atoms with Gasteiger partial charge >= 0.3 is 0 Å². The number of hydrogen-bond donors (Lipinski definition) is 0. The fraction of sp³-hybridized carbons (Fsp3) is 0.606. The lowest BCUT2D eigenvalue weighted by Gasteiger charge is -2.57. The maximum atomic E-state index is 14.6. The molecule has 8 saturated carbocycles. The smallest absolute Gasteiger partial charge is 0.123 e. The summed E-state index contributed by atoms with van der Waals surface area (Å²) in [6.45, 7) is 0. The van der Waals surface area contributed by atoms with Gasteiger partial charge in [-0.2, -0.15) is 0 Å². The van der Waals surface area contributed by atoms with E-state index in [1.54, 1.807) is 17.7 Å². The van der Waals surface area contributed by atoms with Crippen LogP contribution in [0.2, 0.25) is 0 Å². The third kappa shape index (κ3) is 2.78. The Kier molecular flexibility index (Phi) is 3.84. The van der Waals surface area contributed by atoms with E-state index in [1.165, 1.54) is 93.5 Å². The van der Waals surface area contributed by atoms with Crippen molar-refractivity contribution in [3.8, 4) is 0 Å². The van der Waals surface area contributed by atoms with Crippen molar-refractivity contribution >= 4 is 21.7 Å². The zero-order chi connectivity index (χ0) is 22.9. The molecule has 8 aliphatic rings. The van der Waals surface area contributed by atoms with Gasteiger partial charge in [0.15, 0.2) is 0 Å². The summed E-state index contributed by atoms with van der Waals surface area (Å²) < 4.78 is 14.6. The van der Waals surface area contributed by atoms with Crippen LogP contribution in [-0.4, -0.2) is 4.98 Å². The standard InChI is InChI=1S/C33H36FN/c34-26-2-4-30-29(12-26)28-11-25(32-13-19-5-20(14-32)7-21(6-19)15-32)1-3-27(28)31(35-30)33-16-22-8-23(17-33)10-24(9-22)18-33/h1-4,11-12,19-24H,5-10,13-18H2. The molecule has 1 aromatic heterocycles. The Bertz CT molecular complexity index is 1310. The normalized spacial score (nSPS) is 43.0. The van der Waals surface area contributed by atoms with Gasteiger partial charge < -0.3 is 0 Å². The Morgan fingerprint density at radius 2 is 1.11 bits per heavy atom. The van der Waals surface area contributed by atoms with Crippen LogP contribution in [0.25, 0.3) is 21.7 Å². The summed E-state index contributed by atoms with van der Waals surface area (Å²) in [4.78, 5) is 5.39. The number of halogens is 1. The lowest BCUT2D eigenvalue weighted by molar-refractivity contribution is -0.00634. The van der Waals surface area contributed by atoms with Gasteiger partial charge in [-0.3, -0.25) is 4.98 Å². The van der Waals surface area contributed by atoms with E-state index in [1.807, 2.05) is 6.07 Å². The average Bonchev–Trinajstić information content (AvgIpc) is 2.81. The van der Waals surface area contributed by atoms with Gasteiger partial charge in [0.1, 0.15) is 5.82 Å². The van der Waals surface area contributed by atoms with Gasteiger partial charge in [-0.15, -0.1) is 0 Å². The lowest BCUT2D eigenvalue weighted by Crippen LogP contribution is -2.49. The number of nitrogens with zero attached hydrogens (tertiary/aromatic N) is 1. The van der Waals surface area contributed by atoms with Crippen molar-refractivity contribution in [3.05, 3.63) is 53.5 Å². The van der Waals surface area contributed by atoms with E-state index in [0.29, 0.717) is 5.41 Å². The average molecular weight is 466 g/mol. The molecular formula is C33H36FN. The van der Waals surface area contributed by atoms with E-state index in [0.717, 1.165) is 46.4 Å². The van der Waals surface area contributed by atoms with Crippen molar-refractivity contribution < 1.29 is 4.39 Å². The monoisotopic (exact) mass is 465 g/mol. The van der Waals surface area contributed by atoms with Gasteiger partial charge in [0.2, 0.25) is 0 Å². The summed E-state index contributed by atoms with van der Waals surface area (Å²) in [5.41, 5.74) is 4.54. The molecule has 0 atom stereocenters. The Balaban J connectivity index is 1.27. The first-order valence-electron chi connectivity index (χ1n) is 14.6. The Morgan fingerprint density at radius 1 is 0.571 bits per heavy atom. The summed E-state index contributed by atoms with van der Waals surface area (Å²) >= 11 is 0. The van der Waals surface area contributed by atoms with Crippen LogP contribution >= 0.6 is 0 Å². The molecule has 180 valence electrons. The molecule has 0 spiro atoms. The molecule has 3 aromatic rings. The minimum absolute atomic E-state index is 0.136. The third-order valence-corrected chi connectivity index (χ3v) is 11.9. The molecular weight excluding hydrogens is 429 g/mol. The van der Waals surface area contributed by atoms with E-state index in [4.69, 9.17) is 4.98 Å². The van der Waals surface area contributed by atoms with Crippen LogP contribution in [0.5, 0.6) is 0 Å². The highest BCUT2D eigenvalue weighted by atomic mass is 19.1. The molecule has 2 aromatic carbocycles. The molecule has 35 heavy (non-hydrogen) atoms. The summed E-state index contributed by atoms with van der Waals surface area (Å²) in [6, 6.07) is 12.8. The van der Waals surface area contributed by atoms with Crippen LogP contribution in [0, 0.1) is 41.3 Å². The molecule has 0 N–H and O–H groups in total. The molecule has 0 unspecified atom stereocenters. The van der Waals surface area contributed by atoms with Crippen molar-refractivity contribution in [2.45, 2.75) is 87.9 Å². The van der Waals surface area contributed by atoms with Crippen LogP contribution in [-0.2, 0) is 10.8 Å². The first-order chi connectivity index (χ1) is 17.0. The van der Waals surface area contributed by atoms with Crippen molar-refractivity contribution in [1.29, 1.82) is 0 Å². The predicted molar refractivity (Wildman–Crippen MR) is 139 cm³/mol. The van der Waals surface area contributed by atoms with E-state index < -0.39 is 0 Å². The molecule has 0 radical (unpaired) electrons. The minimum atomic E-state index is -0.136. The second kappa shape index (κ2) is 6.67. The highest BCUT2D eigenvalue weighted by molar-refractivity contribution is 6.07. The molecule has 0 aliphatic heterocycles. The number of aromatic nitrogens is 1. The maximum absolute atomic E-state index is 14.6. The van der Waals surface area contributed by atoms with Gasteiger partial charge in [-0.25, -0.2) is 4.39 Å². The molecule has 8 bridgehead atoms. The highest BCUT2D eigenvalue weighted by Gasteiger charge is 2.54. The van der Waals surface area contributed by atoms with Gasteiger partial charge in [-0.1, -0.05) is 12.1 Å². The number of benzene rings is 2. The molecule has 8 aliphatic carbocycles. The molecule has 0 saturated heterocycles. The molecule has 1 heterocycles. The molecule has 8 fully saturated rings. The van der Waals surface area contributed by atoms with E-state index in [9.17, 15) is 4.39 Å². The summed E-state index contributed by atoms with van der Waals surface area (Å²) in [5.74, 6) is 5.36. The van der Waals surface area contributed by atoms with Gasteiger partial charge in [-0.05, 0) is 153 Å². The number of hydrogen-bond acceptors (Lipinski definition) is 1. The van der Waals surface area contributed by atoms with Crippen LogP contribution in [0.15, 0.2) is 36.4 Å². The molecule has 11 rings (SSSR count). The zero-order valence-electron chi connectivity index (χ0n) is 20.7. The Hall–Kier alpha value is -1.96. The maximum Gasteiger partial charge on any atom is 0.123 e. The van der Waals surface area contributed by atoms with Crippen molar-refractivity contribution in [2.24, 2.45) is 35.5 Å². The van der Waals surface area contributed by atoms with Crippen molar-refractivity contribution in [2.75, 3.05) is 0 Å². The van der Waals surface area contributed by atoms with Crippen LogP contribution in [0.3, 0.4) is 0 Å². The third-order valence-electron chi connectivity index (χ3n) is 11.9. The number of fused-ring (bicyclic) bond motifs is 3. The fourth-order valence-electron chi connectivity index (χ4n) is 11.6. The number of pyridine rings is 1. The minimum Gasteiger partial charge on any atom is -0.252 e. The number of rotatable bonds is 2. The van der Waals surface area contributed by atoms with Gasteiger partial charge in [0, 0.05) is 16.2 Å². The van der Waals surface area contributed by atoms with E-state index in [2.05, 4.69) is 18.2 Å². The first kappa shape index (κ1) is 20.1.